The molecule has 1 N–H and O–H groups in total. The average Bonchev–Trinajstić information content (AvgIpc) is 2.72. The third kappa shape index (κ3) is 2.53. The van der Waals surface area contributed by atoms with E-state index in [1.165, 1.54) is 0 Å². The van der Waals surface area contributed by atoms with Gasteiger partial charge in [0.1, 0.15) is 5.92 Å². The van der Waals surface area contributed by atoms with Crippen LogP contribution in [0.4, 0.5) is 5.69 Å². The Morgan fingerprint density at radius 2 is 2.00 bits per heavy atom. The summed E-state index contributed by atoms with van der Waals surface area (Å²) in [6.45, 7) is 4.61. The molecule has 2 amide bonds. The van der Waals surface area contributed by atoms with E-state index in [1.807, 2.05) is 44.2 Å². The molecule has 1 unspecified atom stereocenters. The summed E-state index contributed by atoms with van der Waals surface area (Å²) in [7, 11) is 0. The molecule has 1 atom stereocenters. The average molecular weight is 246 g/mol. The Morgan fingerprint density at radius 1 is 1.33 bits per heavy atom. The summed E-state index contributed by atoms with van der Waals surface area (Å²) in [5.74, 6) is -0.791. The minimum atomic E-state index is -0.535. The summed E-state index contributed by atoms with van der Waals surface area (Å²) in [6, 6.07) is 9.39. The topological polar surface area (TPSA) is 49.4 Å². The summed E-state index contributed by atoms with van der Waals surface area (Å²) < 4.78 is 0. The van der Waals surface area contributed by atoms with Crippen molar-refractivity contribution >= 4 is 17.5 Å². The first-order valence-corrected chi connectivity index (χ1v) is 6.26. The zero-order valence-corrected chi connectivity index (χ0v) is 10.7. The van der Waals surface area contributed by atoms with Gasteiger partial charge in [-0.1, -0.05) is 18.2 Å². The molecule has 0 aromatic heterocycles. The van der Waals surface area contributed by atoms with E-state index >= 15 is 0 Å². The number of likely N-dealkylation sites (tertiary alicyclic amines) is 1. The number of hydrogen-bond acceptors (Lipinski definition) is 2. The summed E-state index contributed by atoms with van der Waals surface area (Å²) in [4.78, 5) is 25.8. The molecule has 2 rings (SSSR count). The number of hydrogen-bond donors (Lipinski definition) is 1. The number of nitrogens with one attached hydrogen (secondary N) is 1. The van der Waals surface area contributed by atoms with Gasteiger partial charge in [0, 0.05) is 18.3 Å². The summed E-state index contributed by atoms with van der Waals surface area (Å²) in [5, 5.41) is 2.79. The van der Waals surface area contributed by atoms with Crippen LogP contribution in [0.1, 0.15) is 20.3 Å². The molecule has 0 radical (unpaired) electrons. The minimum absolute atomic E-state index is 0.0570. The standard InChI is InChI=1S/C14H18N2O2/c1-10(2)16-9-8-12(14(16)18)13(17)15-11-6-4-3-5-7-11/h3-7,10,12H,8-9H2,1-2H3,(H,15,17). The Bertz CT molecular complexity index is 442. The number of carbonyl (C=O) groups excluding carboxylic acids is 2. The van der Waals surface area contributed by atoms with Crippen molar-refractivity contribution < 1.29 is 9.59 Å². The van der Waals surface area contributed by atoms with Crippen molar-refractivity contribution in [2.75, 3.05) is 11.9 Å². The van der Waals surface area contributed by atoms with Gasteiger partial charge in [-0.3, -0.25) is 9.59 Å². The predicted octanol–water partition coefficient (Wildman–Crippen LogP) is 1.88. The quantitative estimate of drug-likeness (QED) is 0.828. The molecule has 1 aromatic rings. The minimum Gasteiger partial charge on any atom is -0.340 e. The number of rotatable bonds is 3. The molecule has 1 fully saturated rings. The number of nitrogens with zero attached hydrogens (tertiary/aromatic N) is 1. The maximum atomic E-state index is 12.0. The van der Waals surface area contributed by atoms with Crippen molar-refractivity contribution in [2.45, 2.75) is 26.3 Å². The first kappa shape index (κ1) is 12.6. The van der Waals surface area contributed by atoms with Crippen molar-refractivity contribution in [3.63, 3.8) is 0 Å². The Labute approximate surface area is 107 Å². The molecule has 1 aromatic carbocycles. The van der Waals surface area contributed by atoms with E-state index in [9.17, 15) is 9.59 Å². The lowest BCUT2D eigenvalue weighted by atomic mass is 10.1. The molecular formula is C14H18N2O2. The van der Waals surface area contributed by atoms with Crippen LogP contribution in [0.15, 0.2) is 30.3 Å². The van der Waals surface area contributed by atoms with Gasteiger partial charge in [0.15, 0.2) is 0 Å². The molecule has 1 aliphatic rings. The van der Waals surface area contributed by atoms with E-state index in [0.717, 1.165) is 5.69 Å². The van der Waals surface area contributed by atoms with Crippen LogP contribution in [-0.2, 0) is 9.59 Å². The molecular weight excluding hydrogens is 228 g/mol. The number of anilines is 1. The summed E-state index contributed by atoms with van der Waals surface area (Å²) >= 11 is 0. The van der Waals surface area contributed by atoms with Crippen molar-refractivity contribution in [3.05, 3.63) is 30.3 Å². The van der Waals surface area contributed by atoms with Gasteiger partial charge in [-0.25, -0.2) is 0 Å². The molecule has 96 valence electrons. The number of para-hydroxylation sites is 1. The van der Waals surface area contributed by atoms with Crippen molar-refractivity contribution in [3.8, 4) is 0 Å². The van der Waals surface area contributed by atoms with E-state index < -0.39 is 5.92 Å². The smallest absolute Gasteiger partial charge is 0.237 e. The number of carbonyl (C=O) groups is 2. The normalized spacial score (nSPS) is 19.4. The maximum Gasteiger partial charge on any atom is 0.237 e. The SMILES string of the molecule is CC(C)N1CCC(C(=O)Nc2ccccc2)C1=O. The second kappa shape index (κ2) is 5.21. The molecule has 4 nitrogen and oxygen atoms in total. The summed E-state index contributed by atoms with van der Waals surface area (Å²) in [5.41, 5.74) is 0.735. The lowest BCUT2D eigenvalue weighted by Crippen LogP contribution is -2.36. The van der Waals surface area contributed by atoms with Gasteiger partial charge in [-0.2, -0.15) is 0 Å². The molecule has 1 aliphatic heterocycles. The molecule has 0 aliphatic carbocycles. The van der Waals surface area contributed by atoms with Gasteiger partial charge < -0.3 is 10.2 Å². The number of amides is 2. The lowest BCUT2D eigenvalue weighted by molar-refractivity contribution is -0.136. The Kier molecular flexibility index (Phi) is 3.65. The second-order valence-electron chi connectivity index (χ2n) is 4.82. The van der Waals surface area contributed by atoms with Gasteiger partial charge in [0.05, 0.1) is 0 Å². The van der Waals surface area contributed by atoms with E-state index in [4.69, 9.17) is 0 Å². The molecule has 0 bridgehead atoms. The van der Waals surface area contributed by atoms with E-state index in [-0.39, 0.29) is 17.9 Å². The van der Waals surface area contributed by atoms with Crippen LogP contribution in [0.25, 0.3) is 0 Å². The Hall–Kier alpha value is -1.84. The van der Waals surface area contributed by atoms with Gasteiger partial charge in [-0.05, 0) is 32.4 Å². The highest BCUT2D eigenvalue weighted by molar-refractivity contribution is 6.07. The maximum absolute atomic E-state index is 12.0. The van der Waals surface area contributed by atoms with Gasteiger partial charge in [0.25, 0.3) is 0 Å². The largest absolute Gasteiger partial charge is 0.340 e. The molecule has 0 saturated carbocycles. The molecule has 1 heterocycles. The van der Waals surface area contributed by atoms with Crippen molar-refractivity contribution in [2.24, 2.45) is 5.92 Å². The zero-order chi connectivity index (χ0) is 13.1. The van der Waals surface area contributed by atoms with Crippen LogP contribution in [0.2, 0.25) is 0 Å². The van der Waals surface area contributed by atoms with Gasteiger partial charge >= 0.3 is 0 Å². The highest BCUT2D eigenvalue weighted by atomic mass is 16.2. The second-order valence-corrected chi connectivity index (χ2v) is 4.82. The first-order chi connectivity index (χ1) is 8.59. The fraction of sp³-hybridized carbons (Fsp3) is 0.429. The van der Waals surface area contributed by atoms with E-state index in [1.54, 1.807) is 4.90 Å². The van der Waals surface area contributed by atoms with Crippen LogP contribution < -0.4 is 5.32 Å². The van der Waals surface area contributed by atoms with Crippen molar-refractivity contribution in [1.29, 1.82) is 0 Å². The fourth-order valence-electron chi connectivity index (χ4n) is 2.21. The first-order valence-electron chi connectivity index (χ1n) is 6.26. The molecule has 0 spiro atoms. The van der Waals surface area contributed by atoms with Crippen molar-refractivity contribution in [1.82, 2.24) is 4.90 Å². The highest BCUT2D eigenvalue weighted by Crippen LogP contribution is 2.21. The molecule has 4 heteroatoms. The molecule has 18 heavy (non-hydrogen) atoms. The highest BCUT2D eigenvalue weighted by Gasteiger charge is 2.37. The zero-order valence-electron chi connectivity index (χ0n) is 10.7. The molecule has 1 saturated heterocycles. The third-order valence-electron chi connectivity index (χ3n) is 3.22. The monoisotopic (exact) mass is 246 g/mol. The van der Waals surface area contributed by atoms with E-state index in [0.29, 0.717) is 13.0 Å². The van der Waals surface area contributed by atoms with E-state index in [2.05, 4.69) is 5.32 Å². The predicted molar refractivity (Wildman–Crippen MR) is 70.0 cm³/mol. The summed E-state index contributed by atoms with van der Waals surface area (Å²) in [6.07, 6.45) is 0.607. The van der Waals surface area contributed by atoms with Crippen LogP contribution in [0, 0.1) is 5.92 Å². The van der Waals surface area contributed by atoms with Crippen LogP contribution >= 0.6 is 0 Å². The third-order valence-corrected chi connectivity index (χ3v) is 3.22. The fourth-order valence-corrected chi connectivity index (χ4v) is 2.21. The van der Waals surface area contributed by atoms with Crippen LogP contribution in [0.3, 0.4) is 0 Å². The Balaban J connectivity index is 2.01. The van der Waals surface area contributed by atoms with Crippen LogP contribution in [-0.4, -0.2) is 29.3 Å². The van der Waals surface area contributed by atoms with Gasteiger partial charge in [-0.15, -0.1) is 0 Å². The van der Waals surface area contributed by atoms with Gasteiger partial charge in [0.2, 0.25) is 11.8 Å². The lowest BCUT2D eigenvalue weighted by Gasteiger charge is -2.20. The van der Waals surface area contributed by atoms with Crippen LogP contribution in [0.5, 0.6) is 0 Å². The Morgan fingerprint density at radius 3 is 2.56 bits per heavy atom. The number of benzene rings is 1.